The van der Waals surface area contributed by atoms with Crippen molar-refractivity contribution in [2.75, 3.05) is 13.2 Å². The van der Waals surface area contributed by atoms with Crippen LogP contribution in [0, 0.1) is 0 Å². The Balaban J connectivity index is 1.66. The second-order valence-electron chi connectivity index (χ2n) is 5.87. The maximum atomic E-state index is 12.8. The summed E-state index contributed by atoms with van der Waals surface area (Å²) in [6.07, 6.45) is 1.66. The minimum Gasteiger partial charge on any atom is -0.375 e. The first kappa shape index (κ1) is 17.4. The predicted molar refractivity (Wildman–Crippen MR) is 94.5 cm³/mol. The van der Waals surface area contributed by atoms with Crippen LogP contribution in [-0.4, -0.2) is 31.9 Å². The Kier molecular flexibility index (Phi) is 5.56. The summed E-state index contributed by atoms with van der Waals surface area (Å²) in [4.78, 5) is 0.241. The number of halogens is 1. The molecule has 128 valence electrons. The molecule has 1 heterocycles. The summed E-state index contributed by atoms with van der Waals surface area (Å²) >= 11 is 5.94. The molecule has 0 aromatic heterocycles. The van der Waals surface area contributed by atoms with E-state index in [0.717, 1.165) is 18.4 Å². The molecule has 0 radical (unpaired) electrons. The van der Waals surface area contributed by atoms with Crippen LogP contribution in [-0.2, 0) is 21.4 Å². The van der Waals surface area contributed by atoms with Gasteiger partial charge in [-0.25, -0.2) is 8.42 Å². The third-order valence-electron chi connectivity index (χ3n) is 4.15. The SMILES string of the molecule is O=S(=O)(c1cccc(Cl)c1)N1CCC[C@H]1COCc1ccccc1. The second kappa shape index (κ2) is 7.66. The average molecular weight is 366 g/mol. The van der Waals surface area contributed by atoms with Gasteiger partial charge in [-0.1, -0.05) is 48.0 Å². The highest BCUT2D eigenvalue weighted by Gasteiger charge is 2.35. The van der Waals surface area contributed by atoms with E-state index in [1.165, 1.54) is 6.07 Å². The Bertz CT molecular complexity index is 780. The molecule has 4 nitrogen and oxygen atoms in total. The molecule has 2 aromatic rings. The lowest BCUT2D eigenvalue weighted by Gasteiger charge is -2.24. The molecular formula is C18H20ClNO3S. The van der Waals surface area contributed by atoms with Crippen LogP contribution in [0.3, 0.4) is 0 Å². The van der Waals surface area contributed by atoms with Crippen LogP contribution in [0.5, 0.6) is 0 Å². The van der Waals surface area contributed by atoms with Crippen LogP contribution < -0.4 is 0 Å². The molecule has 0 bridgehead atoms. The van der Waals surface area contributed by atoms with E-state index in [0.29, 0.717) is 24.8 Å². The van der Waals surface area contributed by atoms with Crippen molar-refractivity contribution in [2.45, 2.75) is 30.4 Å². The normalized spacial score (nSPS) is 18.8. The van der Waals surface area contributed by atoms with Gasteiger partial charge in [0, 0.05) is 17.6 Å². The Morgan fingerprint density at radius 3 is 2.67 bits per heavy atom. The van der Waals surface area contributed by atoms with Gasteiger partial charge in [-0.15, -0.1) is 0 Å². The van der Waals surface area contributed by atoms with Crippen molar-refractivity contribution in [1.82, 2.24) is 4.31 Å². The minimum atomic E-state index is -3.54. The van der Waals surface area contributed by atoms with Crippen molar-refractivity contribution in [3.63, 3.8) is 0 Å². The van der Waals surface area contributed by atoms with E-state index in [4.69, 9.17) is 16.3 Å². The van der Waals surface area contributed by atoms with E-state index >= 15 is 0 Å². The van der Waals surface area contributed by atoms with Gasteiger partial charge in [0.25, 0.3) is 0 Å². The molecule has 0 saturated carbocycles. The molecule has 0 unspecified atom stereocenters. The summed E-state index contributed by atoms with van der Waals surface area (Å²) in [5, 5.41) is 0.423. The summed E-state index contributed by atoms with van der Waals surface area (Å²) < 4.78 is 33.0. The van der Waals surface area contributed by atoms with Crippen molar-refractivity contribution in [1.29, 1.82) is 0 Å². The number of nitrogens with zero attached hydrogens (tertiary/aromatic N) is 1. The van der Waals surface area contributed by atoms with Gasteiger partial charge in [0.15, 0.2) is 0 Å². The van der Waals surface area contributed by atoms with Gasteiger partial charge < -0.3 is 4.74 Å². The van der Waals surface area contributed by atoms with Crippen molar-refractivity contribution in [3.05, 3.63) is 65.2 Å². The van der Waals surface area contributed by atoms with Crippen LogP contribution in [0.4, 0.5) is 0 Å². The van der Waals surface area contributed by atoms with Crippen LogP contribution in [0.25, 0.3) is 0 Å². The number of ether oxygens (including phenoxy) is 1. The fourth-order valence-corrected chi connectivity index (χ4v) is 4.92. The van der Waals surface area contributed by atoms with Gasteiger partial charge in [-0.05, 0) is 36.6 Å². The van der Waals surface area contributed by atoms with Crippen LogP contribution in [0.2, 0.25) is 5.02 Å². The maximum Gasteiger partial charge on any atom is 0.243 e. The molecule has 0 amide bonds. The zero-order chi connectivity index (χ0) is 17.0. The number of hydrogen-bond donors (Lipinski definition) is 0. The molecule has 1 aliphatic rings. The smallest absolute Gasteiger partial charge is 0.243 e. The highest BCUT2D eigenvalue weighted by Crippen LogP contribution is 2.27. The van der Waals surface area contributed by atoms with Gasteiger partial charge in [-0.2, -0.15) is 4.31 Å². The lowest BCUT2D eigenvalue weighted by molar-refractivity contribution is 0.0873. The molecule has 1 atom stereocenters. The standard InChI is InChI=1S/C18H20ClNO3S/c19-16-8-4-10-18(12-16)24(21,22)20-11-5-9-17(20)14-23-13-15-6-2-1-3-7-15/h1-4,6-8,10,12,17H,5,9,11,13-14H2/t17-/m0/s1. The van der Waals surface area contributed by atoms with E-state index in [2.05, 4.69) is 0 Å². The quantitative estimate of drug-likeness (QED) is 0.784. The van der Waals surface area contributed by atoms with Gasteiger partial charge >= 0.3 is 0 Å². The van der Waals surface area contributed by atoms with E-state index < -0.39 is 10.0 Å². The van der Waals surface area contributed by atoms with E-state index in [9.17, 15) is 8.42 Å². The van der Waals surface area contributed by atoms with Gasteiger partial charge in [0.2, 0.25) is 10.0 Å². The van der Waals surface area contributed by atoms with Gasteiger partial charge in [-0.3, -0.25) is 0 Å². The molecular weight excluding hydrogens is 346 g/mol. The van der Waals surface area contributed by atoms with Gasteiger partial charge in [0.05, 0.1) is 18.1 Å². The minimum absolute atomic E-state index is 0.127. The Morgan fingerprint density at radius 1 is 1.12 bits per heavy atom. The molecule has 6 heteroatoms. The summed E-state index contributed by atoms with van der Waals surface area (Å²) in [5.41, 5.74) is 1.08. The number of benzene rings is 2. The Labute approximate surface area is 148 Å². The summed E-state index contributed by atoms with van der Waals surface area (Å²) in [6, 6.07) is 16.2. The average Bonchev–Trinajstić information content (AvgIpc) is 3.05. The highest BCUT2D eigenvalue weighted by molar-refractivity contribution is 7.89. The van der Waals surface area contributed by atoms with Crippen LogP contribution in [0.1, 0.15) is 18.4 Å². The second-order valence-corrected chi connectivity index (χ2v) is 8.20. The first-order valence-electron chi connectivity index (χ1n) is 7.96. The summed E-state index contributed by atoms with van der Waals surface area (Å²) in [6.45, 7) is 1.41. The Hall–Kier alpha value is -1.40. The molecule has 1 aliphatic heterocycles. The van der Waals surface area contributed by atoms with Crippen LogP contribution >= 0.6 is 11.6 Å². The number of rotatable bonds is 6. The fraction of sp³-hybridized carbons (Fsp3) is 0.333. The van der Waals surface area contributed by atoms with Gasteiger partial charge in [0.1, 0.15) is 0 Å². The monoisotopic (exact) mass is 365 g/mol. The predicted octanol–water partition coefficient (Wildman–Crippen LogP) is 3.71. The maximum absolute atomic E-state index is 12.8. The molecule has 0 spiro atoms. The lowest BCUT2D eigenvalue weighted by Crippen LogP contribution is -2.38. The lowest BCUT2D eigenvalue weighted by atomic mass is 10.2. The molecule has 1 saturated heterocycles. The van der Waals surface area contributed by atoms with E-state index in [1.807, 2.05) is 30.3 Å². The van der Waals surface area contributed by atoms with Crippen molar-refractivity contribution in [2.24, 2.45) is 0 Å². The molecule has 0 aliphatic carbocycles. The summed E-state index contributed by atoms with van der Waals surface area (Å²) in [7, 11) is -3.54. The Morgan fingerprint density at radius 2 is 1.92 bits per heavy atom. The van der Waals surface area contributed by atoms with Crippen molar-refractivity contribution < 1.29 is 13.2 Å². The summed E-state index contributed by atoms with van der Waals surface area (Å²) in [5.74, 6) is 0. The van der Waals surface area contributed by atoms with Crippen LogP contribution in [0.15, 0.2) is 59.5 Å². The van der Waals surface area contributed by atoms with E-state index in [-0.39, 0.29) is 10.9 Å². The first-order valence-corrected chi connectivity index (χ1v) is 9.78. The highest BCUT2D eigenvalue weighted by atomic mass is 35.5. The molecule has 24 heavy (non-hydrogen) atoms. The zero-order valence-electron chi connectivity index (χ0n) is 13.3. The number of hydrogen-bond acceptors (Lipinski definition) is 3. The third-order valence-corrected chi connectivity index (χ3v) is 6.33. The largest absolute Gasteiger partial charge is 0.375 e. The third kappa shape index (κ3) is 3.98. The van der Waals surface area contributed by atoms with E-state index in [1.54, 1.807) is 22.5 Å². The fourth-order valence-electron chi connectivity index (χ4n) is 2.94. The number of sulfonamides is 1. The first-order chi connectivity index (χ1) is 11.6. The van der Waals surface area contributed by atoms with Crippen molar-refractivity contribution >= 4 is 21.6 Å². The molecule has 2 aromatic carbocycles. The molecule has 0 N–H and O–H groups in total. The topological polar surface area (TPSA) is 46.6 Å². The molecule has 1 fully saturated rings. The molecule has 3 rings (SSSR count). The zero-order valence-corrected chi connectivity index (χ0v) is 14.8. The van der Waals surface area contributed by atoms with Crippen molar-refractivity contribution in [3.8, 4) is 0 Å².